The van der Waals surface area contributed by atoms with Crippen molar-refractivity contribution in [2.75, 3.05) is 7.11 Å². The highest BCUT2D eigenvalue weighted by Crippen LogP contribution is 2.23. The van der Waals surface area contributed by atoms with Gasteiger partial charge in [-0.1, -0.05) is 32.6 Å². The summed E-state index contributed by atoms with van der Waals surface area (Å²) in [6.45, 7) is 1.88. The fraction of sp³-hybridized carbons (Fsp3) is 0.857. The van der Waals surface area contributed by atoms with Gasteiger partial charge < -0.3 is 15.2 Å². The van der Waals surface area contributed by atoms with Gasteiger partial charge >= 0.3 is 5.97 Å². The first-order valence-electron chi connectivity index (χ1n) is 7.16. The van der Waals surface area contributed by atoms with E-state index in [-0.39, 0.29) is 11.9 Å². The molecule has 1 saturated carbocycles. The highest BCUT2D eigenvalue weighted by atomic mass is 16.5. The first-order valence-corrected chi connectivity index (χ1v) is 7.16. The third kappa shape index (κ3) is 4.82. The molecule has 0 saturated heterocycles. The first-order chi connectivity index (χ1) is 9.10. The molecule has 0 spiro atoms. The van der Waals surface area contributed by atoms with Crippen LogP contribution in [0, 0.1) is 5.92 Å². The molecule has 19 heavy (non-hydrogen) atoms. The van der Waals surface area contributed by atoms with Gasteiger partial charge in [0.05, 0.1) is 5.92 Å². The summed E-state index contributed by atoms with van der Waals surface area (Å²) >= 11 is 0. The van der Waals surface area contributed by atoms with Crippen LogP contribution in [0.15, 0.2) is 0 Å². The van der Waals surface area contributed by atoms with Gasteiger partial charge in [0.1, 0.15) is 6.10 Å². The van der Waals surface area contributed by atoms with Crippen molar-refractivity contribution in [3.8, 4) is 0 Å². The van der Waals surface area contributed by atoms with Gasteiger partial charge in [0, 0.05) is 13.2 Å². The molecule has 1 fully saturated rings. The summed E-state index contributed by atoms with van der Waals surface area (Å²) in [7, 11) is 1.50. The number of methoxy groups -OCH3 is 1. The van der Waals surface area contributed by atoms with E-state index >= 15 is 0 Å². The van der Waals surface area contributed by atoms with Crippen LogP contribution in [0.1, 0.15) is 51.9 Å². The maximum absolute atomic E-state index is 12.0. The molecule has 110 valence electrons. The van der Waals surface area contributed by atoms with Crippen LogP contribution in [0.4, 0.5) is 0 Å². The zero-order valence-electron chi connectivity index (χ0n) is 11.9. The van der Waals surface area contributed by atoms with Crippen LogP contribution < -0.4 is 5.32 Å². The van der Waals surface area contributed by atoms with E-state index in [1.165, 1.54) is 7.11 Å². The standard InChI is InChI=1S/C14H25NO4/c1-3-12(19-2)13(16)15-11-9-7-5-4-6-8-10(11)14(17)18/h10-12H,3-9H2,1-2H3,(H,15,16)(H,17,18). The van der Waals surface area contributed by atoms with E-state index in [0.717, 1.165) is 32.1 Å². The number of carbonyl (C=O) groups excluding carboxylic acids is 1. The van der Waals surface area contributed by atoms with Crippen molar-refractivity contribution in [2.24, 2.45) is 5.92 Å². The maximum Gasteiger partial charge on any atom is 0.308 e. The average Bonchev–Trinajstić information content (AvgIpc) is 2.33. The van der Waals surface area contributed by atoms with Gasteiger partial charge in [0.15, 0.2) is 0 Å². The molecule has 5 nitrogen and oxygen atoms in total. The van der Waals surface area contributed by atoms with Crippen molar-refractivity contribution in [3.05, 3.63) is 0 Å². The van der Waals surface area contributed by atoms with Gasteiger partial charge in [-0.25, -0.2) is 0 Å². The van der Waals surface area contributed by atoms with Gasteiger partial charge in [0.2, 0.25) is 5.91 Å². The Kier molecular flexibility index (Phi) is 6.84. The molecule has 0 bridgehead atoms. The fourth-order valence-electron chi connectivity index (χ4n) is 2.69. The van der Waals surface area contributed by atoms with Crippen molar-refractivity contribution in [2.45, 2.75) is 64.0 Å². The van der Waals surface area contributed by atoms with Crippen LogP contribution in [-0.4, -0.2) is 36.2 Å². The Bertz CT molecular complexity index is 302. The molecule has 5 heteroatoms. The second-order valence-corrected chi connectivity index (χ2v) is 5.18. The third-order valence-corrected chi connectivity index (χ3v) is 3.86. The molecule has 0 aromatic rings. The Morgan fingerprint density at radius 1 is 1.26 bits per heavy atom. The van der Waals surface area contributed by atoms with Gasteiger partial charge in [-0.3, -0.25) is 9.59 Å². The highest BCUT2D eigenvalue weighted by Gasteiger charge is 2.31. The van der Waals surface area contributed by atoms with E-state index in [1.54, 1.807) is 0 Å². The lowest BCUT2D eigenvalue weighted by molar-refractivity contribution is -0.144. The Morgan fingerprint density at radius 2 is 1.89 bits per heavy atom. The van der Waals surface area contributed by atoms with Crippen LogP contribution in [0.2, 0.25) is 0 Å². The van der Waals surface area contributed by atoms with Gasteiger partial charge in [-0.05, 0) is 19.3 Å². The summed E-state index contributed by atoms with van der Waals surface area (Å²) in [5, 5.41) is 12.2. The molecule has 0 aromatic carbocycles. The van der Waals surface area contributed by atoms with Crippen LogP contribution in [0.3, 0.4) is 0 Å². The zero-order valence-corrected chi connectivity index (χ0v) is 11.9. The fourth-order valence-corrected chi connectivity index (χ4v) is 2.69. The summed E-state index contributed by atoms with van der Waals surface area (Å²) in [4.78, 5) is 23.3. The first kappa shape index (κ1) is 16.0. The summed E-state index contributed by atoms with van der Waals surface area (Å²) in [6.07, 6.45) is 5.57. The molecule has 1 rings (SSSR count). The number of amides is 1. The number of hydrogen-bond acceptors (Lipinski definition) is 3. The van der Waals surface area contributed by atoms with Crippen LogP contribution >= 0.6 is 0 Å². The summed E-state index contributed by atoms with van der Waals surface area (Å²) in [6, 6.07) is -0.269. The number of aliphatic carboxylic acids is 1. The van der Waals surface area contributed by atoms with E-state index in [4.69, 9.17) is 4.74 Å². The van der Waals surface area contributed by atoms with E-state index in [0.29, 0.717) is 12.8 Å². The number of carboxylic acids is 1. The third-order valence-electron chi connectivity index (χ3n) is 3.86. The van der Waals surface area contributed by atoms with Crippen LogP contribution in [0.5, 0.6) is 0 Å². The molecule has 3 unspecified atom stereocenters. The van der Waals surface area contributed by atoms with Crippen molar-refractivity contribution in [1.29, 1.82) is 0 Å². The van der Waals surface area contributed by atoms with Crippen molar-refractivity contribution >= 4 is 11.9 Å². The molecular formula is C14H25NO4. The van der Waals surface area contributed by atoms with Crippen molar-refractivity contribution < 1.29 is 19.4 Å². The molecule has 0 radical (unpaired) electrons. The minimum Gasteiger partial charge on any atom is -0.481 e. The number of carboxylic acid groups (broad SMARTS) is 1. The predicted octanol–water partition coefficient (Wildman–Crippen LogP) is 1.95. The molecule has 3 atom stereocenters. The number of ether oxygens (including phenoxy) is 1. The highest BCUT2D eigenvalue weighted by molar-refractivity contribution is 5.82. The topological polar surface area (TPSA) is 75.6 Å². The number of hydrogen-bond donors (Lipinski definition) is 2. The molecule has 1 amide bonds. The van der Waals surface area contributed by atoms with Crippen molar-refractivity contribution in [3.63, 3.8) is 0 Å². The summed E-state index contributed by atoms with van der Waals surface area (Å²) < 4.78 is 5.09. The van der Waals surface area contributed by atoms with E-state index in [9.17, 15) is 14.7 Å². The summed E-state index contributed by atoms with van der Waals surface area (Å²) in [5.41, 5.74) is 0. The van der Waals surface area contributed by atoms with E-state index < -0.39 is 18.0 Å². The monoisotopic (exact) mass is 271 g/mol. The van der Waals surface area contributed by atoms with Crippen LogP contribution in [0.25, 0.3) is 0 Å². The lowest BCUT2D eigenvalue weighted by Crippen LogP contribution is -2.47. The van der Waals surface area contributed by atoms with E-state index in [1.807, 2.05) is 6.92 Å². The number of carbonyl (C=O) groups is 2. The minimum atomic E-state index is -0.808. The normalized spacial score (nSPS) is 26.0. The average molecular weight is 271 g/mol. The second kappa shape index (κ2) is 8.15. The Hall–Kier alpha value is -1.10. The Morgan fingerprint density at radius 3 is 2.42 bits per heavy atom. The lowest BCUT2D eigenvalue weighted by atomic mass is 9.86. The SMILES string of the molecule is CCC(OC)C(=O)NC1CCCCCCC1C(=O)O. The molecule has 0 aliphatic heterocycles. The largest absolute Gasteiger partial charge is 0.481 e. The zero-order chi connectivity index (χ0) is 14.3. The van der Waals surface area contributed by atoms with Gasteiger partial charge in [-0.15, -0.1) is 0 Å². The second-order valence-electron chi connectivity index (χ2n) is 5.18. The Balaban J connectivity index is 2.68. The maximum atomic E-state index is 12.0. The van der Waals surface area contributed by atoms with Gasteiger partial charge in [0.25, 0.3) is 0 Å². The lowest BCUT2D eigenvalue weighted by Gasteiger charge is -2.28. The Labute approximate surface area is 114 Å². The molecule has 0 heterocycles. The molecule has 2 N–H and O–H groups in total. The van der Waals surface area contributed by atoms with E-state index in [2.05, 4.69) is 5.32 Å². The van der Waals surface area contributed by atoms with Crippen LogP contribution in [-0.2, 0) is 14.3 Å². The molecule has 1 aliphatic rings. The van der Waals surface area contributed by atoms with Crippen molar-refractivity contribution in [1.82, 2.24) is 5.32 Å². The molecular weight excluding hydrogens is 246 g/mol. The predicted molar refractivity (Wildman–Crippen MR) is 71.8 cm³/mol. The smallest absolute Gasteiger partial charge is 0.308 e. The van der Waals surface area contributed by atoms with Gasteiger partial charge in [-0.2, -0.15) is 0 Å². The minimum absolute atomic E-state index is 0.193. The summed E-state index contributed by atoms with van der Waals surface area (Å²) in [5.74, 6) is -1.47. The molecule has 0 aromatic heterocycles. The number of rotatable bonds is 5. The quantitative estimate of drug-likeness (QED) is 0.801. The number of nitrogens with one attached hydrogen (secondary N) is 1. The molecule has 1 aliphatic carbocycles.